The Kier molecular flexibility index (Phi) is 5.65. The van der Waals surface area contributed by atoms with Gasteiger partial charge in [-0.25, -0.2) is 0 Å². The van der Waals surface area contributed by atoms with E-state index in [9.17, 15) is 4.79 Å². The maximum Gasteiger partial charge on any atom is 0.251 e. The van der Waals surface area contributed by atoms with Crippen molar-refractivity contribution >= 4 is 21.8 Å². The van der Waals surface area contributed by atoms with E-state index in [1.807, 2.05) is 39.0 Å². The summed E-state index contributed by atoms with van der Waals surface area (Å²) in [5, 5.41) is 2.89. The van der Waals surface area contributed by atoms with Gasteiger partial charge in [-0.1, -0.05) is 22.0 Å². The number of ether oxygens (including phenoxy) is 1. The van der Waals surface area contributed by atoms with Crippen molar-refractivity contribution in [3.63, 3.8) is 0 Å². The van der Waals surface area contributed by atoms with Crippen LogP contribution in [0.2, 0.25) is 0 Å². The van der Waals surface area contributed by atoms with Gasteiger partial charge in [0.15, 0.2) is 0 Å². The lowest BCUT2D eigenvalue weighted by Crippen LogP contribution is -2.35. The van der Waals surface area contributed by atoms with Gasteiger partial charge in [0.25, 0.3) is 5.91 Å². The van der Waals surface area contributed by atoms with Crippen molar-refractivity contribution in [2.24, 2.45) is 0 Å². The molecule has 1 amide bonds. The molecule has 0 aliphatic carbocycles. The van der Waals surface area contributed by atoms with E-state index in [0.717, 1.165) is 10.0 Å². The van der Waals surface area contributed by atoms with Gasteiger partial charge < -0.3 is 10.1 Å². The number of hydrogen-bond acceptors (Lipinski definition) is 2. The molecule has 0 radical (unpaired) electrons. The Morgan fingerprint density at radius 2 is 2.24 bits per heavy atom. The van der Waals surface area contributed by atoms with Crippen LogP contribution in [0, 0.1) is 6.92 Å². The summed E-state index contributed by atoms with van der Waals surface area (Å²) in [6.45, 7) is 7.05. The molecule has 1 aromatic carbocycles. The van der Waals surface area contributed by atoms with Gasteiger partial charge in [0, 0.05) is 22.7 Å². The summed E-state index contributed by atoms with van der Waals surface area (Å²) in [5.74, 6) is -0.0714. The first kappa shape index (κ1) is 14.2. The quantitative estimate of drug-likeness (QED) is 0.908. The molecule has 4 heteroatoms. The van der Waals surface area contributed by atoms with Crippen LogP contribution in [0.4, 0.5) is 0 Å². The third kappa shape index (κ3) is 4.48. The highest BCUT2D eigenvalue weighted by Crippen LogP contribution is 2.17. The maximum atomic E-state index is 11.9. The first-order valence-electron chi connectivity index (χ1n) is 5.69. The Balaban J connectivity index is 2.60. The van der Waals surface area contributed by atoms with E-state index >= 15 is 0 Å². The molecular formula is C13H18BrNO2. The van der Waals surface area contributed by atoms with Crippen molar-refractivity contribution in [1.29, 1.82) is 0 Å². The second kappa shape index (κ2) is 6.77. The highest BCUT2D eigenvalue weighted by Gasteiger charge is 2.10. The molecule has 1 atom stereocenters. The Bertz CT molecular complexity index is 393. The van der Waals surface area contributed by atoms with Crippen molar-refractivity contribution in [1.82, 2.24) is 5.32 Å². The van der Waals surface area contributed by atoms with Crippen molar-refractivity contribution < 1.29 is 9.53 Å². The predicted molar refractivity (Wildman–Crippen MR) is 72.3 cm³/mol. The van der Waals surface area contributed by atoms with Gasteiger partial charge in [0.05, 0.1) is 6.61 Å². The molecule has 1 N–H and O–H groups in total. The van der Waals surface area contributed by atoms with Crippen molar-refractivity contribution in [3.8, 4) is 0 Å². The minimum Gasteiger partial charge on any atom is -0.380 e. The highest BCUT2D eigenvalue weighted by atomic mass is 79.9. The molecule has 17 heavy (non-hydrogen) atoms. The van der Waals surface area contributed by atoms with E-state index in [-0.39, 0.29) is 11.9 Å². The van der Waals surface area contributed by atoms with Crippen LogP contribution in [-0.4, -0.2) is 25.2 Å². The third-order valence-corrected chi connectivity index (χ3v) is 3.24. The molecule has 94 valence electrons. The summed E-state index contributed by atoms with van der Waals surface area (Å²) in [5.41, 5.74) is 1.77. The molecule has 0 saturated carbocycles. The van der Waals surface area contributed by atoms with E-state index in [1.54, 1.807) is 0 Å². The number of amides is 1. The number of rotatable bonds is 5. The SMILES string of the molecule is CCOCC(C)NC(=O)c1ccc(C)c(Br)c1. The Morgan fingerprint density at radius 3 is 2.82 bits per heavy atom. The molecule has 1 unspecified atom stereocenters. The van der Waals surface area contributed by atoms with Crippen LogP contribution in [0.1, 0.15) is 29.8 Å². The summed E-state index contributed by atoms with van der Waals surface area (Å²) < 4.78 is 6.20. The number of benzene rings is 1. The van der Waals surface area contributed by atoms with Crippen molar-refractivity contribution in [2.45, 2.75) is 26.8 Å². The minimum atomic E-state index is -0.0714. The van der Waals surface area contributed by atoms with Gasteiger partial charge in [-0.05, 0) is 38.5 Å². The molecule has 0 aliphatic heterocycles. The Morgan fingerprint density at radius 1 is 1.53 bits per heavy atom. The zero-order valence-corrected chi connectivity index (χ0v) is 12.0. The van der Waals surface area contributed by atoms with Gasteiger partial charge in [-0.3, -0.25) is 4.79 Å². The average Bonchev–Trinajstić information content (AvgIpc) is 2.30. The molecular weight excluding hydrogens is 282 g/mol. The number of aryl methyl sites for hydroxylation is 1. The summed E-state index contributed by atoms with van der Waals surface area (Å²) in [7, 11) is 0. The molecule has 1 aromatic rings. The second-order valence-electron chi connectivity index (χ2n) is 4.00. The molecule has 0 heterocycles. The number of nitrogens with one attached hydrogen (secondary N) is 1. The van der Waals surface area contributed by atoms with Crippen LogP contribution >= 0.6 is 15.9 Å². The molecule has 3 nitrogen and oxygen atoms in total. The smallest absolute Gasteiger partial charge is 0.251 e. The van der Waals surface area contributed by atoms with E-state index in [2.05, 4.69) is 21.2 Å². The molecule has 0 aromatic heterocycles. The normalized spacial score (nSPS) is 12.2. The molecule has 0 fully saturated rings. The van der Waals surface area contributed by atoms with Gasteiger partial charge in [0.2, 0.25) is 0 Å². The fourth-order valence-electron chi connectivity index (χ4n) is 1.38. The van der Waals surface area contributed by atoms with E-state index in [1.165, 1.54) is 0 Å². The van der Waals surface area contributed by atoms with Gasteiger partial charge in [-0.2, -0.15) is 0 Å². The Labute approximate surface area is 111 Å². The van der Waals surface area contributed by atoms with Gasteiger partial charge in [0.1, 0.15) is 0 Å². The number of hydrogen-bond donors (Lipinski definition) is 1. The second-order valence-corrected chi connectivity index (χ2v) is 4.85. The van der Waals surface area contributed by atoms with Crippen molar-refractivity contribution in [3.05, 3.63) is 33.8 Å². The van der Waals surface area contributed by atoms with Crippen LogP contribution in [0.25, 0.3) is 0 Å². The van der Waals surface area contributed by atoms with Crippen LogP contribution in [0.3, 0.4) is 0 Å². The van der Waals surface area contributed by atoms with Gasteiger partial charge in [-0.15, -0.1) is 0 Å². The first-order valence-corrected chi connectivity index (χ1v) is 6.48. The van der Waals surface area contributed by atoms with Crippen LogP contribution in [0.15, 0.2) is 22.7 Å². The monoisotopic (exact) mass is 299 g/mol. The lowest BCUT2D eigenvalue weighted by atomic mass is 10.1. The highest BCUT2D eigenvalue weighted by molar-refractivity contribution is 9.10. The third-order valence-electron chi connectivity index (χ3n) is 2.38. The summed E-state index contributed by atoms with van der Waals surface area (Å²) in [6, 6.07) is 5.59. The predicted octanol–water partition coefficient (Wildman–Crippen LogP) is 2.91. The lowest BCUT2D eigenvalue weighted by Gasteiger charge is -2.14. The molecule has 0 aliphatic rings. The molecule has 0 saturated heterocycles. The average molecular weight is 300 g/mol. The van der Waals surface area contributed by atoms with Crippen LogP contribution < -0.4 is 5.32 Å². The number of carbonyl (C=O) groups excluding carboxylic acids is 1. The molecule has 1 rings (SSSR count). The largest absolute Gasteiger partial charge is 0.380 e. The first-order chi connectivity index (χ1) is 8.04. The fourth-order valence-corrected chi connectivity index (χ4v) is 1.76. The summed E-state index contributed by atoms with van der Waals surface area (Å²) in [4.78, 5) is 11.9. The summed E-state index contributed by atoms with van der Waals surface area (Å²) >= 11 is 3.42. The lowest BCUT2D eigenvalue weighted by molar-refractivity contribution is 0.0872. The zero-order valence-electron chi connectivity index (χ0n) is 10.4. The van der Waals surface area contributed by atoms with E-state index in [4.69, 9.17) is 4.74 Å². The zero-order chi connectivity index (χ0) is 12.8. The van der Waals surface area contributed by atoms with Crippen molar-refractivity contribution in [2.75, 3.05) is 13.2 Å². The van der Waals surface area contributed by atoms with Crippen LogP contribution in [-0.2, 0) is 4.74 Å². The Hall–Kier alpha value is -0.870. The van der Waals surface area contributed by atoms with E-state index in [0.29, 0.717) is 18.8 Å². The van der Waals surface area contributed by atoms with E-state index < -0.39 is 0 Å². The number of halogens is 1. The standard InChI is InChI=1S/C13H18BrNO2/c1-4-17-8-10(3)15-13(16)11-6-5-9(2)12(14)7-11/h5-7,10H,4,8H2,1-3H3,(H,15,16). The maximum absolute atomic E-state index is 11.9. The van der Waals surface area contributed by atoms with Crippen LogP contribution in [0.5, 0.6) is 0 Å². The molecule has 0 spiro atoms. The number of carbonyl (C=O) groups is 1. The van der Waals surface area contributed by atoms with Gasteiger partial charge >= 0.3 is 0 Å². The minimum absolute atomic E-state index is 0.0162. The molecule has 0 bridgehead atoms. The fraction of sp³-hybridized carbons (Fsp3) is 0.462. The topological polar surface area (TPSA) is 38.3 Å². The summed E-state index contributed by atoms with van der Waals surface area (Å²) in [6.07, 6.45) is 0.